The van der Waals surface area contributed by atoms with Gasteiger partial charge >= 0.3 is 0 Å². The molecule has 0 spiro atoms. The summed E-state index contributed by atoms with van der Waals surface area (Å²) < 4.78 is 40.0. The van der Waals surface area contributed by atoms with E-state index in [2.05, 4.69) is 62.1 Å². The first-order valence-electron chi connectivity index (χ1n) is 15.9. The van der Waals surface area contributed by atoms with Crippen LogP contribution < -0.4 is 10.6 Å². The number of nitrogens with one attached hydrogen (secondary N) is 2. The first-order valence-corrected chi connectivity index (χ1v) is 19.3. The second kappa shape index (κ2) is 15.7. The maximum atomic E-state index is 12.9. The van der Waals surface area contributed by atoms with Crippen molar-refractivity contribution in [2.75, 3.05) is 37.3 Å². The minimum absolute atomic E-state index is 0.0255. The molecule has 11 nitrogen and oxygen atoms in total. The van der Waals surface area contributed by atoms with Crippen LogP contribution in [0.4, 0.5) is 5.13 Å². The molecular weight excluding hydrogens is 635 g/mol. The van der Waals surface area contributed by atoms with Crippen molar-refractivity contribution in [2.45, 2.75) is 95.1 Å². The Hall–Kier alpha value is -2.00. The number of aromatic nitrogens is 2. The van der Waals surface area contributed by atoms with Crippen molar-refractivity contribution in [1.29, 1.82) is 0 Å². The molecule has 252 valence electrons. The number of thiazole rings is 1. The molecule has 4 rings (SSSR count). The summed E-state index contributed by atoms with van der Waals surface area (Å²) in [6.45, 7) is 13.3. The highest BCUT2D eigenvalue weighted by atomic mass is 32.2. The summed E-state index contributed by atoms with van der Waals surface area (Å²) in [5.41, 5.74) is -0.101. The summed E-state index contributed by atoms with van der Waals surface area (Å²) in [5, 5.41) is 6.11. The summed E-state index contributed by atoms with van der Waals surface area (Å²) in [4.78, 5) is 34.0. The Labute approximate surface area is 276 Å². The van der Waals surface area contributed by atoms with Gasteiger partial charge in [0.05, 0.1) is 34.2 Å². The number of thioether (sulfide) groups is 1. The van der Waals surface area contributed by atoms with Crippen LogP contribution in [0, 0.1) is 23.7 Å². The highest BCUT2D eigenvalue weighted by molar-refractivity contribution is 8.00. The summed E-state index contributed by atoms with van der Waals surface area (Å²) in [6.07, 6.45) is 7.64. The highest BCUT2D eigenvalue weighted by Crippen LogP contribution is 2.35. The molecule has 2 aromatic rings. The fourth-order valence-corrected chi connectivity index (χ4v) is 8.95. The van der Waals surface area contributed by atoms with E-state index in [9.17, 15) is 18.0 Å². The van der Waals surface area contributed by atoms with Crippen LogP contribution in [0.2, 0.25) is 0 Å². The number of anilines is 1. The number of hydrogen-bond acceptors (Lipinski definition) is 10. The second-order valence-electron chi connectivity index (χ2n) is 13.6. The third-order valence-corrected chi connectivity index (χ3v) is 12.6. The Morgan fingerprint density at radius 3 is 2.56 bits per heavy atom. The molecule has 2 aliphatic rings. The lowest BCUT2D eigenvalue weighted by molar-refractivity contribution is -0.131. The predicted octanol–water partition coefficient (Wildman–Crippen LogP) is 5.29. The Morgan fingerprint density at radius 1 is 1.16 bits per heavy atom. The SMILES string of the molecule is CC1CCC(C(C)C)C(OCC(=O)NCCS(=O)(=O)N2CCC(C(=O)Nc3ncc(SCc4ncc(C(C)(C)C)o4)s3)CC2)C1. The van der Waals surface area contributed by atoms with Crippen LogP contribution in [-0.2, 0) is 35.5 Å². The van der Waals surface area contributed by atoms with Gasteiger partial charge in [-0.15, -0.1) is 11.8 Å². The zero-order valence-electron chi connectivity index (χ0n) is 27.3. The average Bonchev–Trinajstić information content (AvgIpc) is 3.64. The largest absolute Gasteiger partial charge is 0.444 e. The van der Waals surface area contributed by atoms with Gasteiger partial charge in [0.15, 0.2) is 5.13 Å². The Kier molecular flexibility index (Phi) is 12.5. The lowest BCUT2D eigenvalue weighted by atomic mass is 9.75. The van der Waals surface area contributed by atoms with E-state index in [1.165, 1.54) is 22.1 Å². The van der Waals surface area contributed by atoms with Crippen LogP contribution >= 0.6 is 23.1 Å². The van der Waals surface area contributed by atoms with Gasteiger partial charge in [0.1, 0.15) is 12.4 Å². The van der Waals surface area contributed by atoms with Crippen LogP contribution in [0.5, 0.6) is 0 Å². The van der Waals surface area contributed by atoms with Crippen molar-refractivity contribution in [1.82, 2.24) is 19.6 Å². The van der Waals surface area contributed by atoms with Gasteiger partial charge in [0, 0.05) is 31.0 Å². The van der Waals surface area contributed by atoms with E-state index in [0.717, 1.165) is 22.8 Å². The third kappa shape index (κ3) is 10.5. The molecule has 1 saturated heterocycles. The maximum absolute atomic E-state index is 12.9. The zero-order valence-corrected chi connectivity index (χ0v) is 29.8. The quantitative estimate of drug-likeness (QED) is 0.269. The molecule has 14 heteroatoms. The first-order chi connectivity index (χ1) is 21.2. The molecule has 0 aromatic carbocycles. The molecule has 45 heavy (non-hydrogen) atoms. The first kappa shape index (κ1) is 35.8. The summed E-state index contributed by atoms with van der Waals surface area (Å²) in [5.74, 6) is 2.63. The predicted molar refractivity (Wildman–Crippen MR) is 178 cm³/mol. The lowest BCUT2D eigenvalue weighted by Crippen LogP contribution is -2.44. The average molecular weight is 684 g/mol. The molecule has 2 N–H and O–H groups in total. The molecule has 1 aliphatic carbocycles. The van der Waals surface area contributed by atoms with Gasteiger partial charge in [0.2, 0.25) is 27.7 Å². The van der Waals surface area contributed by atoms with Crippen LogP contribution in [-0.4, -0.2) is 72.6 Å². The molecule has 0 bridgehead atoms. The molecule has 1 aliphatic heterocycles. The number of sulfonamides is 1. The maximum Gasteiger partial charge on any atom is 0.246 e. The summed E-state index contributed by atoms with van der Waals surface area (Å²) in [7, 11) is -3.56. The van der Waals surface area contributed by atoms with Gasteiger partial charge in [-0.05, 0) is 43.4 Å². The van der Waals surface area contributed by atoms with E-state index in [1.54, 1.807) is 24.2 Å². The molecule has 2 aromatic heterocycles. The number of hydrogen-bond donors (Lipinski definition) is 2. The van der Waals surface area contributed by atoms with Crippen molar-refractivity contribution < 1.29 is 27.2 Å². The van der Waals surface area contributed by atoms with E-state index in [4.69, 9.17) is 9.15 Å². The number of amides is 2. The topological polar surface area (TPSA) is 144 Å². The summed E-state index contributed by atoms with van der Waals surface area (Å²) in [6, 6.07) is 0. The van der Waals surface area contributed by atoms with Gasteiger partial charge < -0.3 is 19.8 Å². The standard InChI is InChI=1S/C31H49N5O6S3/c1-20(2)23-8-7-21(3)15-24(23)41-18-26(37)32-11-14-45(39,40)36-12-9-22(10-13-36)29(38)35-30-34-17-28(44-30)43-19-27-33-16-25(42-27)31(4,5)6/h16-17,20-24H,7-15,18-19H2,1-6H3,(H,32,37)(H,34,35,38). The van der Waals surface area contributed by atoms with Crippen LogP contribution in [0.3, 0.4) is 0 Å². The van der Waals surface area contributed by atoms with Gasteiger partial charge in [-0.1, -0.05) is 59.3 Å². The fourth-order valence-electron chi connectivity index (χ4n) is 5.83. The van der Waals surface area contributed by atoms with Crippen molar-refractivity contribution in [2.24, 2.45) is 23.7 Å². The Bertz CT molecular complexity index is 1380. The number of rotatable bonds is 13. The van der Waals surface area contributed by atoms with Crippen LogP contribution in [0.25, 0.3) is 0 Å². The molecule has 1 saturated carbocycles. The van der Waals surface area contributed by atoms with Gasteiger partial charge in [-0.2, -0.15) is 0 Å². The third-order valence-electron chi connectivity index (χ3n) is 8.64. The number of carbonyl (C=O) groups excluding carboxylic acids is 2. The van der Waals surface area contributed by atoms with Crippen LogP contribution in [0.1, 0.15) is 85.3 Å². The van der Waals surface area contributed by atoms with Crippen LogP contribution in [0.15, 0.2) is 21.0 Å². The normalized spacial score (nSPS) is 22.1. The molecule has 0 radical (unpaired) electrons. The Balaban J connectivity index is 1.14. The smallest absolute Gasteiger partial charge is 0.246 e. The number of nitrogens with zero attached hydrogens (tertiary/aromatic N) is 3. The van der Waals surface area contributed by atoms with Crippen molar-refractivity contribution in [3.63, 3.8) is 0 Å². The number of piperidine rings is 1. The van der Waals surface area contributed by atoms with Crippen molar-refractivity contribution in [3.05, 3.63) is 24.0 Å². The minimum Gasteiger partial charge on any atom is -0.444 e. The van der Waals surface area contributed by atoms with E-state index < -0.39 is 10.0 Å². The Morgan fingerprint density at radius 2 is 1.89 bits per heavy atom. The second-order valence-corrected chi connectivity index (χ2v) is 18.0. The lowest BCUT2D eigenvalue weighted by Gasteiger charge is -2.37. The zero-order chi connectivity index (χ0) is 32.8. The minimum atomic E-state index is -3.56. The molecule has 2 fully saturated rings. The number of carbonyl (C=O) groups is 2. The molecular formula is C31H49N5O6S3. The van der Waals surface area contributed by atoms with E-state index in [-0.39, 0.29) is 61.2 Å². The monoisotopic (exact) mass is 683 g/mol. The number of oxazole rings is 1. The van der Waals surface area contributed by atoms with Gasteiger partial charge in [0.25, 0.3) is 0 Å². The number of ether oxygens (including phenoxy) is 1. The van der Waals surface area contributed by atoms with E-state index in [0.29, 0.717) is 47.4 Å². The van der Waals surface area contributed by atoms with Crippen molar-refractivity contribution >= 4 is 50.1 Å². The highest BCUT2D eigenvalue weighted by Gasteiger charge is 2.33. The van der Waals surface area contributed by atoms with Gasteiger partial charge in [-0.3, -0.25) is 9.59 Å². The van der Waals surface area contributed by atoms with E-state index in [1.807, 2.05) is 0 Å². The summed E-state index contributed by atoms with van der Waals surface area (Å²) >= 11 is 2.93. The van der Waals surface area contributed by atoms with E-state index >= 15 is 0 Å². The molecule has 3 heterocycles. The molecule has 3 unspecified atom stereocenters. The fraction of sp³-hybridized carbons (Fsp3) is 0.742. The molecule has 2 amide bonds. The van der Waals surface area contributed by atoms with Crippen molar-refractivity contribution in [3.8, 4) is 0 Å². The molecule has 3 atom stereocenters. The van der Waals surface area contributed by atoms with Gasteiger partial charge in [-0.25, -0.2) is 22.7 Å².